The number of nitrogens with zero attached hydrogens (tertiary/aromatic N) is 3. The number of amides is 3. The number of hydrogen-bond donors (Lipinski definition) is 2. The Morgan fingerprint density at radius 1 is 1.02 bits per heavy atom. The van der Waals surface area contributed by atoms with Gasteiger partial charge in [0.25, 0.3) is 5.91 Å². The van der Waals surface area contributed by atoms with Gasteiger partial charge in [0.05, 0.1) is 25.7 Å². The molecule has 10 nitrogen and oxygen atoms in total. The molecule has 0 saturated heterocycles. The van der Waals surface area contributed by atoms with Crippen molar-refractivity contribution in [2.45, 2.75) is 45.1 Å². The molecule has 0 saturated carbocycles. The molecule has 2 aliphatic rings. The van der Waals surface area contributed by atoms with Crippen LogP contribution in [0.1, 0.15) is 43.7 Å². The Labute approximate surface area is 238 Å². The van der Waals surface area contributed by atoms with Crippen molar-refractivity contribution < 1.29 is 23.9 Å². The number of nitrogens with one attached hydrogen (secondary N) is 2. The van der Waals surface area contributed by atoms with E-state index in [1.54, 1.807) is 14.2 Å². The summed E-state index contributed by atoms with van der Waals surface area (Å²) >= 11 is 1.19. The minimum Gasteiger partial charge on any atom is -0.493 e. The molecule has 1 atom stereocenters. The maximum Gasteiger partial charge on any atom is 0.259 e. The monoisotopic (exact) mass is 565 g/mol. The lowest BCUT2D eigenvalue weighted by Crippen LogP contribution is -2.42. The van der Waals surface area contributed by atoms with Gasteiger partial charge in [0, 0.05) is 25.1 Å². The van der Waals surface area contributed by atoms with Crippen LogP contribution in [0.15, 0.2) is 52.4 Å². The Kier molecular flexibility index (Phi) is 10.2. The fourth-order valence-electron chi connectivity index (χ4n) is 4.41. The Bertz CT molecular complexity index is 1310. The summed E-state index contributed by atoms with van der Waals surface area (Å²) in [4.78, 5) is 49.1. The molecule has 0 aliphatic carbocycles. The minimum atomic E-state index is -0.667. The number of thioether (sulfide) groups is 1. The highest BCUT2D eigenvalue weighted by Gasteiger charge is 2.41. The highest BCUT2D eigenvalue weighted by molar-refractivity contribution is 8.14. The molecule has 0 aromatic heterocycles. The van der Waals surface area contributed by atoms with Crippen LogP contribution in [0, 0.1) is 0 Å². The number of methoxy groups -OCH3 is 2. The molecule has 0 spiro atoms. The van der Waals surface area contributed by atoms with Gasteiger partial charge in [0.15, 0.2) is 16.7 Å². The van der Waals surface area contributed by atoms with Gasteiger partial charge in [-0.2, -0.15) is 0 Å². The van der Waals surface area contributed by atoms with Crippen LogP contribution < -0.4 is 20.1 Å². The van der Waals surface area contributed by atoms with Crippen LogP contribution in [0.2, 0.25) is 0 Å². The van der Waals surface area contributed by atoms with Gasteiger partial charge in [0.2, 0.25) is 11.8 Å². The molecule has 2 aromatic rings. The standard InChI is InChI=1S/C29H35N5O5S/c1-4-5-15-30-25(35)13-11-22-28(37)34-27(32-22)20-8-6-7-9-21(20)33-29(34)40-18-26(36)31-16-14-19-10-12-23(38-2)24(17-19)39-3/h6-10,12,17,22H,4-5,11,13-16,18H2,1-3H3,(H,30,35)(H,31,36)/t22-/m0/s1. The van der Waals surface area contributed by atoms with Crippen LogP contribution in [-0.4, -0.2) is 72.7 Å². The van der Waals surface area contributed by atoms with Crippen LogP contribution >= 0.6 is 11.8 Å². The van der Waals surface area contributed by atoms with Gasteiger partial charge in [-0.3, -0.25) is 19.4 Å². The highest BCUT2D eigenvalue weighted by atomic mass is 32.2. The Morgan fingerprint density at radius 3 is 2.58 bits per heavy atom. The van der Waals surface area contributed by atoms with Crippen molar-refractivity contribution in [3.05, 3.63) is 53.6 Å². The van der Waals surface area contributed by atoms with Crippen molar-refractivity contribution in [1.82, 2.24) is 15.5 Å². The third-order valence-corrected chi connectivity index (χ3v) is 7.50. The molecule has 2 aliphatic heterocycles. The van der Waals surface area contributed by atoms with E-state index in [1.165, 1.54) is 16.7 Å². The summed E-state index contributed by atoms with van der Waals surface area (Å²) in [5, 5.41) is 6.22. The van der Waals surface area contributed by atoms with E-state index < -0.39 is 6.04 Å². The fraction of sp³-hybridized carbons (Fsp3) is 0.414. The van der Waals surface area contributed by atoms with E-state index in [0.717, 1.165) is 24.0 Å². The smallest absolute Gasteiger partial charge is 0.259 e. The predicted molar refractivity (Wildman–Crippen MR) is 157 cm³/mol. The number of unbranched alkanes of at least 4 members (excludes halogenated alkanes) is 1. The molecule has 2 aromatic carbocycles. The average Bonchev–Trinajstić information content (AvgIpc) is 3.31. The summed E-state index contributed by atoms with van der Waals surface area (Å²) in [6, 6.07) is 12.5. The average molecular weight is 566 g/mol. The van der Waals surface area contributed by atoms with E-state index >= 15 is 0 Å². The topological polar surface area (TPSA) is 122 Å². The lowest BCUT2D eigenvalue weighted by Gasteiger charge is -2.25. The van der Waals surface area contributed by atoms with E-state index in [0.29, 0.717) is 54.1 Å². The molecule has 0 bridgehead atoms. The Hall–Kier alpha value is -3.86. The first-order valence-electron chi connectivity index (χ1n) is 13.4. The number of para-hydroxylation sites is 1. The van der Waals surface area contributed by atoms with E-state index in [-0.39, 0.29) is 29.9 Å². The van der Waals surface area contributed by atoms with E-state index in [1.807, 2.05) is 42.5 Å². The highest BCUT2D eigenvalue weighted by Crippen LogP contribution is 2.34. The molecule has 0 unspecified atom stereocenters. The fourth-order valence-corrected chi connectivity index (χ4v) is 5.24. The van der Waals surface area contributed by atoms with Gasteiger partial charge in [-0.25, -0.2) is 9.89 Å². The van der Waals surface area contributed by atoms with Crippen molar-refractivity contribution in [3.63, 3.8) is 0 Å². The number of carbonyl (C=O) groups excluding carboxylic acids is 3. The van der Waals surface area contributed by atoms with Gasteiger partial charge in [-0.05, 0) is 49.1 Å². The van der Waals surface area contributed by atoms with Crippen molar-refractivity contribution in [1.29, 1.82) is 0 Å². The molecule has 0 fully saturated rings. The molecule has 40 heavy (non-hydrogen) atoms. The maximum atomic E-state index is 13.4. The number of amidine groups is 2. The quantitative estimate of drug-likeness (QED) is 0.359. The zero-order valence-corrected chi connectivity index (χ0v) is 23.9. The van der Waals surface area contributed by atoms with Crippen molar-refractivity contribution in [3.8, 4) is 11.5 Å². The molecule has 2 N–H and O–H groups in total. The van der Waals surface area contributed by atoms with Gasteiger partial charge >= 0.3 is 0 Å². The lowest BCUT2D eigenvalue weighted by molar-refractivity contribution is -0.125. The largest absolute Gasteiger partial charge is 0.493 e. The van der Waals surface area contributed by atoms with Crippen LogP contribution in [-0.2, 0) is 20.8 Å². The third-order valence-electron chi connectivity index (χ3n) is 6.56. The van der Waals surface area contributed by atoms with Gasteiger partial charge < -0.3 is 20.1 Å². The second-order valence-corrected chi connectivity index (χ2v) is 10.3. The predicted octanol–water partition coefficient (Wildman–Crippen LogP) is 3.45. The number of fused-ring (bicyclic) bond motifs is 3. The molecular formula is C29H35N5O5S. The molecule has 4 rings (SSSR count). The van der Waals surface area contributed by atoms with Crippen LogP contribution in [0.4, 0.5) is 5.69 Å². The lowest BCUT2D eigenvalue weighted by atomic mass is 10.1. The third kappa shape index (κ3) is 7.01. The second-order valence-electron chi connectivity index (χ2n) is 9.37. The Balaban J connectivity index is 1.35. The summed E-state index contributed by atoms with van der Waals surface area (Å²) in [5.41, 5.74) is 2.46. The number of ether oxygens (including phenoxy) is 2. The first-order chi connectivity index (χ1) is 19.4. The first kappa shape index (κ1) is 29.1. The van der Waals surface area contributed by atoms with E-state index in [2.05, 4.69) is 27.5 Å². The van der Waals surface area contributed by atoms with Gasteiger partial charge in [-0.1, -0.05) is 43.3 Å². The van der Waals surface area contributed by atoms with Crippen molar-refractivity contribution >= 4 is 46.2 Å². The van der Waals surface area contributed by atoms with Gasteiger partial charge in [-0.15, -0.1) is 0 Å². The van der Waals surface area contributed by atoms with E-state index in [9.17, 15) is 14.4 Å². The summed E-state index contributed by atoms with van der Waals surface area (Å²) < 4.78 is 10.6. The molecular weight excluding hydrogens is 530 g/mol. The SMILES string of the molecule is CCCCNC(=O)CC[C@@H]1N=C2c3ccccc3N=C(SCC(=O)NCCc3ccc(OC)c(OC)c3)N2C1=O. The van der Waals surface area contributed by atoms with Crippen LogP contribution in [0.25, 0.3) is 0 Å². The number of rotatable bonds is 13. The zero-order valence-electron chi connectivity index (χ0n) is 23.1. The minimum absolute atomic E-state index is 0.0836. The second kappa shape index (κ2) is 14.0. The summed E-state index contributed by atoms with van der Waals surface area (Å²) in [6.45, 7) is 3.14. The van der Waals surface area contributed by atoms with E-state index in [4.69, 9.17) is 9.47 Å². The molecule has 2 heterocycles. The molecule has 0 radical (unpaired) electrons. The Morgan fingerprint density at radius 2 is 1.80 bits per heavy atom. The molecule has 3 amide bonds. The number of benzene rings is 2. The van der Waals surface area contributed by atoms with Crippen molar-refractivity contribution in [2.75, 3.05) is 33.1 Å². The van der Waals surface area contributed by atoms with Crippen LogP contribution in [0.5, 0.6) is 11.5 Å². The normalized spacial score (nSPS) is 15.5. The first-order valence-corrected chi connectivity index (χ1v) is 14.4. The summed E-state index contributed by atoms with van der Waals surface area (Å²) in [6.07, 6.45) is 3.07. The number of carbonyl (C=O) groups is 3. The molecule has 212 valence electrons. The van der Waals surface area contributed by atoms with Crippen molar-refractivity contribution in [2.24, 2.45) is 9.98 Å². The maximum absolute atomic E-state index is 13.4. The summed E-state index contributed by atoms with van der Waals surface area (Å²) in [7, 11) is 3.17. The van der Waals surface area contributed by atoms with Crippen LogP contribution in [0.3, 0.4) is 0 Å². The number of hydrogen-bond acceptors (Lipinski definition) is 8. The van der Waals surface area contributed by atoms with Gasteiger partial charge in [0.1, 0.15) is 11.9 Å². The summed E-state index contributed by atoms with van der Waals surface area (Å²) in [5.74, 6) is 1.42. The number of aliphatic imine (C=N–C) groups is 2. The zero-order chi connectivity index (χ0) is 28.5. The molecule has 11 heteroatoms.